The number of aryl methyl sites for hydroxylation is 1. The van der Waals surface area contributed by atoms with Crippen LogP contribution in [0.25, 0.3) is 10.9 Å². The lowest BCUT2D eigenvalue weighted by atomic mass is 9.97. The van der Waals surface area contributed by atoms with E-state index in [0.717, 1.165) is 31.4 Å². The molecule has 3 aromatic rings. The van der Waals surface area contributed by atoms with Crippen LogP contribution in [-0.2, 0) is 6.54 Å². The van der Waals surface area contributed by atoms with Crippen LogP contribution >= 0.6 is 11.3 Å². The highest BCUT2D eigenvalue weighted by Crippen LogP contribution is 2.31. The second kappa shape index (κ2) is 7.58. The summed E-state index contributed by atoms with van der Waals surface area (Å²) in [5.74, 6) is -0.0373. The van der Waals surface area contributed by atoms with Crippen molar-refractivity contribution in [2.24, 2.45) is 0 Å². The lowest BCUT2D eigenvalue weighted by Crippen LogP contribution is -2.27. The monoisotopic (exact) mass is 383 g/mol. The van der Waals surface area contributed by atoms with Crippen molar-refractivity contribution in [1.29, 1.82) is 0 Å². The Hall–Kier alpha value is -2.58. The summed E-state index contributed by atoms with van der Waals surface area (Å²) in [7, 11) is 0. The van der Waals surface area contributed by atoms with E-state index < -0.39 is 5.91 Å². The van der Waals surface area contributed by atoms with Crippen molar-refractivity contribution in [3.8, 4) is 0 Å². The van der Waals surface area contributed by atoms with Crippen LogP contribution in [0.4, 0.5) is 5.13 Å². The molecule has 2 aromatic heterocycles. The van der Waals surface area contributed by atoms with Crippen molar-refractivity contribution in [2.45, 2.75) is 32.2 Å². The fourth-order valence-corrected chi connectivity index (χ4v) is 4.40. The molecule has 0 radical (unpaired) electrons. The molecule has 4 rings (SSSR count). The predicted molar refractivity (Wildman–Crippen MR) is 107 cm³/mol. The Morgan fingerprint density at radius 3 is 2.89 bits per heavy atom. The van der Waals surface area contributed by atoms with Gasteiger partial charge < -0.3 is 5.32 Å². The third-order valence-corrected chi connectivity index (χ3v) is 5.94. The summed E-state index contributed by atoms with van der Waals surface area (Å²) in [6.45, 7) is 4.50. The smallest absolute Gasteiger partial charge is 0.281 e. The molecule has 7 nitrogen and oxygen atoms in total. The first-order valence-corrected chi connectivity index (χ1v) is 9.96. The molecule has 1 fully saturated rings. The zero-order chi connectivity index (χ0) is 18.8. The normalized spacial score (nSPS) is 15.1. The first kappa shape index (κ1) is 17.8. The van der Waals surface area contributed by atoms with E-state index in [-0.39, 0.29) is 11.1 Å². The third-order valence-electron chi connectivity index (χ3n) is 4.86. The topological polar surface area (TPSA) is 88.9 Å². The fourth-order valence-electron chi connectivity index (χ4n) is 3.42. The molecule has 1 saturated heterocycles. The molecule has 0 aliphatic carbocycles. The van der Waals surface area contributed by atoms with Gasteiger partial charge in [-0.1, -0.05) is 12.1 Å². The van der Waals surface area contributed by atoms with Crippen LogP contribution in [-0.4, -0.2) is 33.8 Å². The Labute approximate surface area is 160 Å². The summed E-state index contributed by atoms with van der Waals surface area (Å²) < 4.78 is 1.67. The molecule has 8 heteroatoms. The van der Waals surface area contributed by atoms with Crippen LogP contribution in [0.1, 0.15) is 41.0 Å². The number of nitrogens with one attached hydrogen (secondary N) is 2. The Balaban J connectivity index is 1.61. The highest BCUT2D eigenvalue weighted by atomic mass is 32.1. The number of anilines is 1. The van der Waals surface area contributed by atoms with Crippen LogP contribution in [0.5, 0.6) is 0 Å². The molecule has 3 heterocycles. The maximum atomic E-state index is 12.7. The Kier molecular flexibility index (Phi) is 5.00. The van der Waals surface area contributed by atoms with E-state index in [1.807, 2.05) is 25.3 Å². The van der Waals surface area contributed by atoms with Gasteiger partial charge in [0.15, 0.2) is 10.8 Å². The molecular weight excluding hydrogens is 362 g/mol. The minimum Gasteiger partial charge on any atom is -0.317 e. The average molecular weight is 383 g/mol. The summed E-state index contributed by atoms with van der Waals surface area (Å²) in [6, 6.07) is 7.20. The van der Waals surface area contributed by atoms with Gasteiger partial charge in [-0.15, -0.1) is 11.3 Å². The summed E-state index contributed by atoms with van der Waals surface area (Å²) in [5, 5.41) is 11.4. The van der Waals surface area contributed by atoms with Gasteiger partial charge in [0.1, 0.15) is 0 Å². The molecule has 0 bridgehead atoms. The van der Waals surface area contributed by atoms with Crippen molar-refractivity contribution in [1.82, 2.24) is 20.1 Å². The third kappa shape index (κ3) is 3.50. The number of rotatable bonds is 4. The standard InChI is InChI=1S/C19H21N5O2S/c1-2-24-14-6-4-3-5-13(14)17(25)16(23-24)18(26)22-19-21-11-15(27-19)12-7-9-20-10-8-12/h3-6,11-12,20H,2,7-10H2,1H3,(H,21,22,26). The average Bonchev–Trinajstić information content (AvgIpc) is 3.17. The minimum absolute atomic E-state index is 0.103. The number of hydrogen-bond acceptors (Lipinski definition) is 6. The molecule has 140 valence electrons. The number of carbonyl (C=O) groups is 1. The maximum Gasteiger partial charge on any atom is 0.281 e. The lowest BCUT2D eigenvalue weighted by molar-refractivity contribution is 0.101. The quantitative estimate of drug-likeness (QED) is 0.723. The van der Waals surface area contributed by atoms with Crippen LogP contribution in [0.15, 0.2) is 35.3 Å². The van der Waals surface area contributed by atoms with Crippen LogP contribution in [0.2, 0.25) is 0 Å². The van der Waals surface area contributed by atoms with E-state index in [4.69, 9.17) is 0 Å². The van der Waals surface area contributed by atoms with Crippen molar-refractivity contribution in [3.05, 3.63) is 51.3 Å². The highest BCUT2D eigenvalue weighted by molar-refractivity contribution is 7.15. The van der Waals surface area contributed by atoms with E-state index in [0.29, 0.717) is 23.0 Å². The zero-order valence-electron chi connectivity index (χ0n) is 15.1. The van der Waals surface area contributed by atoms with Gasteiger partial charge >= 0.3 is 0 Å². The lowest BCUT2D eigenvalue weighted by Gasteiger charge is -2.20. The van der Waals surface area contributed by atoms with Crippen molar-refractivity contribution >= 4 is 33.3 Å². The van der Waals surface area contributed by atoms with Crippen LogP contribution in [0, 0.1) is 0 Å². The second-order valence-electron chi connectivity index (χ2n) is 6.56. The Bertz CT molecular complexity index is 1040. The number of thiazole rings is 1. The Morgan fingerprint density at radius 1 is 1.33 bits per heavy atom. The van der Waals surface area contributed by atoms with Crippen molar-refractivity contribution < 1.29 is 4.79 Å². The van der Waals surface area contributed by atoms with E-state index in [1.165, 1.54) is 16.2 Å². The second-order valence-corrected chi connectivity index (χ2v) is 7.62. The van der Waals surface area contributed by atoms with Gasteiger partial charge in [-0.25, -0.2) is 4.98 Å². The first-order chi connectivity index (χ1) is 13.2. The van der Waals surface area contributed by atoms with Gasteiger partial charge in [-0.05, 0) is 50.9 Å². The summed E-state index contributed by atoms with van der Waals surface area (Å²) in [6.07, 6.45) is 3.97. The largest absolute Gasteiger partial charge is 0.317 e. The maximum absolute atomic E-state index is 12.7. The molecule has 27 heavy (non-hydrogen) atoms. The minimum atomic E-state index is -0.515. The molecule has 2 N–H and O–H groups in total. The summed E-state index contributed by atoms with van der Waals surface area (Å²) in [4.78, 5) is 30.9. The number of nitrogens with zero attached hydrogens (tertiary/aromatic N) is 3. The fraction of sp³-hybridized carbons (Fsp3) is 0.368. The number of piperidine rings is 1. The molecular formula is C19H21N5O2S. The molecule has 0 atom stereocenters. The predicted octanol–water partition coefficient (Wildman–Crippen LogP) is 2.59. The zero-order valence-corrected chi connectivity index (χ0v) is 15.9. The highest BCUT2D eigenvalue weighted by Gasteiger charge is 2.21. The number of carbonyl (C=O) groups excluding carboxylic acids is 1. The van der Waals surface area contributed by atoms with E-state index in [9.17, 15) is 9.59 Å². The van der Waals surface area contributed by atoms with E-state index in [2.05, 4.69) is 20.7 Å². The number of fused-ring (bicyclic) bond motifs is 1. The molecule has 1 aromatic carbocycles. The summed E-state index contributed by atoms with van der Waals surface area (Å²) in [5.41, 5.74) is 0.265. The Morgan fingerprint density at radius 2 is 2.11 bits per heavy atom. The van der Waals surface area contributed by atoms with Gasteiger partial charge in [0.2, 0.25) is 5.43 Å². The first-order valence-electron chi connectivity index (χ1n) is 9.15. The van der Waals surface area contributed by atoms with Crippen molar-refractivity contribution in [3.63, 3.8) is 0 Å². The molecule has 1 amide bonds. The number of aromatic nitrogens is 3. The van der Waals surface area contributed by atoms with Gasteiger partial charge in [0.25, 0.3) is 5.91 Å². The van der Waals surface area contributed by atoms with Crippen LogP contribution < -0.4 is 16.1 Å². The van der Waals surface area contributed by atoms with Crippen molar-refractivity contribution in [2.75, 3.05) is 18.4 Å². The molecule has 0 unspecified atom stereocenters. The van der Waals surface area contributed by atoms with Gasteiger partial charge in [0.05, 0.1) is 5.52 Å². The van der Waals surface area contributed by atoms with Gasteiger partial charge in [0, 0.05) is 23.0 Å². The van der Waals surface area contributed by atoms with E-state index >= 15 is 0 Å². The number of hydrogen-bond donors (Lipinski definition) is 2. The van der Waals surface area contributed by atoms with Crippen LogP contribution in [0.3, 0.4) is 0 Å². The summed E-state index contributed by atoms with van der Waals surface area (Å²) >= 11 is 1.47. The number of amides is 1. The van der Waals surface area contributed by atoms with Gasteiger partial charge in [-0.2, -0.15) is 5.10 Å². The molecule has 0 saturated carbocycles. The SMILES string of the molecule is CCn1nc(C(=O)Nc2ncc(C3CCNCC3)s2)c(=O)c2ccccc21. The molecule has 1 aliphatic heterocycles. The molecule has 0 spiro atoms. The van der Waals surface area contributed by atoms with Gasteiger partial charge in [-0.3, -0.25) is 19.6 Å². The van der Waals surface area contributed by atoms with E-state index in [1.54, 1.807) is 16.8 Å². The number of benzene rings is 1. The molecule has 1 aliphatic rings. The number of para-hydroxylation sites is 1.